The van der Waals surface area contributed by atoms with Crippen LogP contribution < -0.4 is 5.32 Å². The quantitative estimate of drug-likeness (QED) is 0.658. The van der Waals surface area contributed by atoms with Crippen LogP contribution in [-0.4, -0.2) is 24.4 Å². The molecule has 1 heterocycles. The standard InChI is InChI=1S/C18H12ClF4NO2S/c19-12-6-5-10(9-13(12)20)11-3-1-2-4-14(11)24-17(25)15-16(18(21,22)23)26-7-8-27-15/h1-6,9H,7-8H2,(H,24,25). The smallest absolute Gasteiger partial charge is 0.450 e. The van der Waals surface area contributed by atoms with Crippen LogP contribution in [0.5, 0.6) is 0 Å². The molecule has 1 aliphatic heterocycles. The summed E-state index contributed by atoms with van der Waals surface area (Å²) in [5.74, 6) is -2.65. The molecule has 27 heavy (non-hydrogen) atoms. The molecule has 2 aromatic rings. The van der Waals surface area contributed by atoms with Crippen molar-refractivity contribution in [1.82, 2.24) is 0 Å². The Labute approximate surface area is 161 Å². The lowest BCUT2D eigenvalue weighted by Crippen LogP contribution is -2.26. The zero-order chi connectivity index (χ0) is 19.6. The molecule has 0 spiro atoms. The number of nitrogens with one attached hydrogen (secondary N) is 1. The van der Waals surface area contributed by atoms with Crippen molar-refractivity contribution in [3.8, 4) is 11.1 Å². The fraction of sp³-hybridized carbons (Fsp3) is 0.167. The number of anilines is 1. The Morgan fingerprint density at radius 1 is 1.19 bits per heavy atom. The molecule has 142 valence electrons. The highest BCUT2D eigenvalue weighted by Crippen LogP contribution is 2.38. The number of ether oxygens (including phenoxy) is 1. The predicted octanol–water partition coefficient (Wildman–Crippen LogP) is 5.62. The number of carbonyl (C=O) groups excluding carboxylic acids is 1. The van der Waals surface area contributed by atoms with Crippen molar-refractivity contribution < 1.29 is 27.1 Å². The van der Waals surface area contributed by atoms with Crippen LogP contribution in [0.15, 0.2) is 53.1 Å². The van der Waals surface area contributed by atoms with Crippen LogP contribution in [0.25, 0.3) is 11.1 Å². The molecule has 0 saturated carbocycles. The molecule has 0 atom stereocenters. The number of rotatable bonds is 3. The number of hydrogen-bond acceptors (Lipinski definition) is 3. The van der Waals surface area contributed by atoms with Gasteiger partial charge in [-0.25, -0.2) is 4.39 Å². The topological polar surface area (TPSA) is 38.3 Å². The zero-order valence-corrected chi connectivity index (χ0v) is 15.1. The fourth-order valence-corrected chi connectivity index (χ4v) is 3.46. The van der Waals surface area contributed by atoms with Crippen molar-refractivity contribution in [3.05, 3.63) is 64.0 Å². The van der Waals surface area contributed by atoms with Gasteiger partial charge in [-0.2, -0.15) is 13.2 Å². The Kier molecular flexibility index (Phi) is 5.67. The number of thioether (sulfide) groups is 1. The van der Waals surface area contributed by atoms with E-state index in [1.807, 2.05) is 0 Å². The molecule has 9 heteroatoms. The van der Waals surface area contributed by atoms with Crippen molar-refractivity contribution in [2.45, 2.75) is 6.18 Å². The lowest BCUT2D eigenvalue weighted by molar-refractivity contribution is -0.133. The van der Waals surface area contributed by atoms with Crippen LogP contribution in [0.2, 0.25) is 5.02 Å². The number of amides is 1. The first kappa shape index (κ1) is 19.6. The molecule has 0 fully saturated rings. The van der Waals surface area contributed by atoms with E-state index in [-0.39, 0.29) is 23.1 Å². The number of alkyl halides is 3. The third-order valence-electron chi connectivity index (χ3n) is 3.65. The van der Waals surface area contributed by atoms with E-state index in [1.54, 1.807) is 24.3 Å². The Balaban J connectivity index is 1.95. The lowest BCUT2D eigenvalue weighted by Gasteiger charge is -2.22. The molecule has 0 bridgehead atoms. The number of allylic oxidation sites excluding steroid dienone is 1. The van der Waals surface area contributed by atoms with Gasteiger partial charge in [0.2, 0.25) is 5.76 Å². The van der Waals surface area contributed by atoms with Crippen LogP contribution in [0, 0.1) is 5.82 Å². The number of halogens is 5. The molecule has 1 aliphatic rings. The third kappa shape index (κ3) is 4.39. The second kappa shape index (κ2) is 7.82. The predicted molar refractivity (Wildman–Crippen MR) is 97.0 cm³/mol. The molecule has 2 aromatic carbocycles. The van der Waals surface area contributed by atoms with E-state index in [9.17, 15) is 22.4 Å². The molecule has 0 radical (unpaired) electrons. The highest BCUT2D eigenvalue weighted by atomic mass is 35.5. The molecule has 0 aromatic heterocycles. The average Bonchev–Trinajstić information content (AvgIpc) is 2.64. The molecular formula is C18H12ClF4NO2S. The van der Waals surface area contributed by atoms with Crippen LogP contribution in [0.1, 0.15) is 0 Å². The first-order valence-electron chi connectivity index (χ1n) is 7.70. The van der Waals surface area contributed by atoms with Crippen LogP contribution in [0.3, 0.4) is 0 Å². The SMILES string of the molecule is O=C(Nc1ccccc1-c1ccc(Cl)c(F)c1)C1=C(C(F)(F)F)OCCS1. The van der Waals surface area contributed by atoms with Crippen molar-refractivity contribution in [3.63, 3.8) is 0 Å². The van der Waals surface area contributed by atoms with Crippen LogP contribution in [0.4, 0.5) is 23.2 Å². The van der Waals surface area contributed by atoms with Crippen molar-refractivity contribution in [1.29, 1.82) is 0 Å². The Bertz CT molecular complexity index is 914. The van der Waals surface area contributed by atoms with Crippen molar-refractivity contribution >= 4 is 35.0 Å². The summed E-state index contributed by atoms with van der Waals surface area (Å²) in [4.78, 5) is 11.9. The van der Waals surface area contributed by atoms with Gasteiger partial charge in [0, 0.05) is 17.0 Å². The summed E-state index contributed by atoms with van der Waals surface area (Å²) in [6.07, 6.45) is -4.76. The maximum atomic E-state index is 13.8. The van der Waals surface area contributed by atoms with E-state index in [2.05, 4.69) is 10.1 Å². The highest BCUT2D eigenvalue weighted by molar-refractivity contribution is 8.04. The van der Waals surface area contributed by atoms with E-state index < -0.39 is 28.6 Å². The summed E-state index contributed by atoms with van der Waals surface area (Å²) in [7, 11) is 0. The van der Waals surface area contributed by atoms with Gasteiger partial charge in [-0.1, -0.05) is 35.9 Å². The maximum Gasteiger partial charge on any atom is 0.450 e. The molecule has 0 unspecified atom stereocenters. The molecular weight excluding hydrogens is 406 g/mol. The largest absolute Gasteiger partial charge is 0.487 e. The Morgan fingerprint density at radius 3 is 2.63 bits per heavy atom. The molecule has 1 amide bonds. The van der Waals surface area contributed by atoms with E-state index in [0.29, 0.717) is 11.1 Å². The van der Waals surface area contributed by atoms with Gasteiger partial charge in [-0.05, 0) is 23.8 Å². The molecule has 0 saturated heterocycles. The van der Waals surface area contributed by atoms with Gasteiger partial charge in [0.15, 0.2) is 0 Å². The second-order valence-electron chi connectivity index (χ2n) is 5.48. The summed E-state index contributed by atoms with van der Waals surface area (Å²) >= 11 is 6.46. The fourth-order valence-electron chi connectivity index (χ4n) is 2.48. The lowest BCUT2D eigenvalue weighted by atomic mass is 10.0. The monoisotopic (exact) mass is 417 g/mol. The van der Waals surface area contributed by atoms with Crippen molar-refractivity contribution in [2.24, 2.45) is 0 Å². The molecule has 3 nitrogen and oxygen atoms in total. The summed E-state index contributed by atoms with van der Waals surface area (Å²) in [5.41, 5.74) is 1.10. The highest BCUT2D eigenvalue weighted by Gasteiger charge is 2.42. The van der Waals surface area contributed by atoms with E-state index in [0.717, 1.165) is 11.8 Å². The molecule has 1 N–H and O–H groups in total. The van der Waals surface area contributed by atoms with E-state index in [1.165, 1.54) is 18.2 Å². The van der Waals surface area contributed by atoms with Gasteiger partial charge in [-0.3, -0.25) is 4.79 Å². The minimum absolute atomic E-state index is 0.0593. The minimum Gasteiger partial charge on any atom is -0.487 e. The number of para-hydroxylation sites is 1. The van der Waals surface area contributed by atoms with Gasteiger partial charge in [0.25, 0.3) is 5.91 Å². The summed E-state index contributed by atoms with van der Waals surface area (Å²) in [5, 5.41) is 2.40. The zero-order valence-electron chi connectivity index (χ0n) is 13.6. The Morgan fingerprint density at radius 2 is 1.93 bits per heavy atom. The number of benzene rings is 2. The van der Waals surface area contributed by atoms with E-state index in [4.69, 9.17) is 11.6 Å². The van der Waals surface area contributed by atoms with Crippen molar-refractivity contribution in [2.75, 3.05) is 17.7 Å². The van der Waals surface area contributed by atoms with E-state index >= 15 is 0 Å². The number of carbonyl (C=O) groups is 1. The third-order valence-corrected chi connectivity index (χ3v) is 4.99. The normalized spacial score (nSPS) is 14.7. The maximum absolute atomic E-state index is 13.8. The van der Waals surface area contributed by atoms with Gasteiger partial charge < -0.3 is 10.1 Å². The summed E-state index contributed by atoms with van der Waals surface area (Å²) in [6.45, 7) is -0.128. The van der Waals surface area contributed by atoms with Crippen LogP contribution >= 0.6 is 23.4 Å². The molecule has 0 aliphatic carbocycles. The summed E-state index contributed by atoms with van der Waals surface area (Å²) in [6, 6.07) is 10.5. The van der Waals surface area contributed by atoms with Gasteiger partial charge in [0.05, 0.1) is 11.6 Å². The summed E-state index contributed by atoms with van der Waals surface area (Å²) < 4.78 is 57.7. The minimum atomic E-state index is -4.76. The van der Waals surface area contributed by atoms with Gasteiger partial charge in [0.1, 0.15) is 10.7 Å². The first-order valence-corrected chi connectivity index (χ1v) is 9.06. The first-order chi connectivity index (χ1) is 12.8. The van der Waals surface area contributed by atoms with Gasteiger partial charge >= 0.3 is 6.18 Å². The van der Waals surface area contributed by atoms with Gasteiger partial charge in [-0.15, -0.1) is 11.8 Å². The number of hydrogen-bond donors (Lipinski definition) is 1. The second-order valence-corrected chi connectivity index (χ2v) is 6.99. The average molecular weight is 418 g/mol. The molecule has 3 rings (SSSR count). The van der Waals surface area contributed by atoms with Crippen LogP contribution in [-0.2, 0) is 9.53 Å². The Hall–Kier alpha value is -2.19.